The molecule has 2 aromatic rings. The monoisotopic (exact) mass is 326 g/mol. The van der Waals surface area contributed by atoms with Crippen molar-refractivity contribution >= 4 is 11.6 Å². The van der Waals surface area contributed by atoms with Crippen molar-refractivity contribution in [2.24, 2.45) is 0 Å². The molecule has 1 amide bonds. The van der Waals surface area contributed by atoms with Gasteiger partial charge in [-0.2, -0.15) is 0 Å². The second-order valence-corrected chi connectivity index (χ2v) is 5.98. The van der Waals surface area contributed by atoms with Crippen LogP contribution in [0.2, 0.25) is 0 Å². The Balaban J connectivity index is 1.93. The van der Waals surface area contributed by atoms with E-state index in [1.165, 1.54) is 11.1 Å². The summed E-state index contributed by atoms with van der Waals surface area (Å²) in [4.78, 5) is 14.4. The Hall–Kier alpha value is -2.49. The maximum Gasteiger partial charge on any atom is 0.239 e. The van der Waals surface area contributed by atoms with Crippen LogP contribution in [0.3, 0.4) is 0 Å². The molecule has 0 bridgehead atoms. The van der Waals surface area contributed by atoms with Crippen molar-refractivity contribution in [3.8, 4) is 5.75 Å². The third-order valence-electron chi connectivity index (χ3n) is 3.94. The number of amides is 1. The first-order valence-corrected chi connectivity index (χ1v) is 8.24. The fraction of sp³-hybridized carbons (Fsp3) is 0.350. The summed E-state index contributed by atoms with van der Waals surface area (Å²) < 4.78 is 5.14. The molecule has 0 fully saturated rings. The summed E-state index contributed by atoms with van der Waals surface area (Å²) in [6, 6.07) is 14.1. The molecular weight excluding hydrogens is 300 g/mol. The molecule has 0 aliphatic rings. The van der Waals surface area contributed by atoms with E-state index in [1.54, 1.807) is 7.11 Å². The Labute approximate surface area is 144 Å². The van der Waals surface area contributed by atoms with Gasteiger partial charge in [0, 0.05) is 18.8 Å². The molecule has 2 rings (SSSR count). The zero-order chi connectivity index (χ0) is 17.5. The number of hydrogen-bond acceptors (Lipinski definition) is 3. The Morgan fingerprint density at radius 3 is 2.25 bits per heavy atom. The maximum atomic E-state index is 12.3. The van der Waals surface area contributed by atoms with Crippen molar-refractivity contribution in [1.29, 1.82) is 0 Å². The van der Waals surface area contributed by atoms with E-state index in [1.807, 2.05) is 24.3 Å². The highest BCUT2D eigenvalue weighted by Gasteiger charge is 2.10. The fourth-order valence-corrected chi connectivity index (χ4v) is 2.69. The van der Waals surface area contributed by atoms with Gasteiger partial charge in [-0.05, 0) is 61.7 Å². The number of likely N-dealkylation sites (N-methyl/N-ethyl adjacent to an activating group) is 1. The second-order valence-electron chi connectivity index (χ2n) is 5.98. The van der Waals surface area contributed by atoms with Crippen molar-refractivity contribution in [2.75, 3.05) is 25.1 Å². The van der Waals surface area contributed by atoms with Gasteiger partial charge in [-0.1, -0.05) is 18.2 Å². The lowest BCUT2D eigenvalue weighted by atomic mass is 10.1. The van der Waals surface area contributed by atoms with Crippen LogP contribution in [0.15, 0.2) is 42.5 Å². The first-order valence-electron chi connectivity index (χ1n) is 8.24. The summed E-state index contributed by atoms with van der Waals surface area (Å²) in [7, 11) is 1.64. The standard InChI is InChI=1S/C20H26N2O2/c1-5-22(18-11-15(2)10-16(3)12-18)14-20(23)21-13-17-6-8-19(24-4)9-7-17/h6-12H,5,13-14H2,1-4H3,(H,21,23). The summed E-state index contributed by atoms with van der Waals surface area (Å²) in [5, 5.41) is 2.98. The van der Waals surface area contributed by atoms with Gasteiger partial charge in [0.15, 0.2) is 0 Å². The van der Waals surface area contributed by atoms with E-state index in [-0.39, 0.29) is 5.91 Å². The lowest BCUT2D eigenvalue weighted by molar-refractivity contribution is -0.119. The summed E-state index contributed by atoms with van der Waals surface area (Å²) in [5.41, 5.74) is 4.57. The number of nitrogens with one attached hydrogen (secondary N) is 1. The van der Waals surface area contributed by atoms with Crippen LogP contribution in [0.5, 0.6) is 5.75 Å². The zero-order valence-corrected chi connectivity index (χ0v) is 14.9. The highest BCUT2D eigenvalue weighted by atomic mass is 16.5. The van der Waals surface area contributed by atoms with Crippen LogP contribution in [0, 0.1) is 13.8 Å². The molecule has 0 saturated heterocycles. The molecule has 0 aromatic heterocycles. The summed E-state index contributed by atoms with van der Waals surface area (Å²) in [6.45, 7) is 7.89. The Bertz CT molecular complexity index is 660. The summed E-state index contributed by atoms with van der Waals surface area (Å²) in [6.07, 6.45) is 0. The molecule has 24 heavy (non-hydrogen) atoms. The zero-order valence-electron chi connectivity index (χ0n) is 14.9. The van der Waals surface area contributed by atoms with Gasteiger partial charge >= 0.3 is 0 Å². The topological polar surface area (TPSA) is 41.6 Å². The molecular formula is C20H26N2O2. The van der Waals surface area contributed by atoms with Crippen molar-refractivity contribution in [1.82, 2.24) is 5.32 Å². The van der Waals surface area contributed by atoms with Crippen molar-refractivity contribution in [2.45, 2.75) is 27.3 Å². The van der Waals surface area contributed by atoms with E-state index in [0.717, 1.165) is 23.5 Å². The van der Waals surface area contributed by atoms with Crippen LogP contribution in [-0.4, -0.2) is 26.1 Å². The van der Waals surface area contributed by atoms with Crippen molar-refractivity contribution in [3.05, 3.63) is 59.2 Å². The smallest absolute Gasteiger partial charge is 0.239 e. The number of methoxy groups -OCH3 is 1. The van der Waals surface area contributed by atoms with Crippen LogP contribution in [0.25, 0.3) is 0 Å². The van der Waals surface area contributed by atoms with Gasteiger partial charge in [0.25, 0.3) is 0 Å². The Kier molecular flexibility index (Phi) is 6.24. The molecule has 128 valence electrons. The largest absolute Gasteiger partial charge is 0.497 e. The molecule has 0 saturated carbocycles. The molecule has 0 unspecified atom stereocenters. The van der Waals surface area contributed by atoms with Gasteiger partial charge in [0.1, 0.15) is 5.75 Å². The molecule has 1 N–H and O–H groups in total. The SMILES string of the molecule is CCN(CC(=O)NCc1ccc(OC)cc1)c1cc(C)cc(C)c1. The number of aryl methyl sites for hydroxylation is 2. The maximum absolute atomic E-state index is 12.3. The van der Waals surface area contributed by atoms with Gasteiger partial charge in [0.2, 0.25) is 5.91 Å². The second kappa shape index (κ2) is 8.39. The van der Waals surface area contributed by atoms with Crippen LogP contribution in [0.4, 0.5) is 5.69 Å². The number of rotatable bonds is 7. The first kappa shape index (κ1) is 17.9. The van der Waals surface area contributed by atoms with E-state index in [2.05, 4.69) is 49.2 Å². The van der Waals surface area contributed by atoms with E-state index in [9.17, 15) is 4.79 Å². The minimum absolute atomic E-state index is 0.0202. The Morgan fingerprint density at radius 2 is 1.71 bits per heavy atom. The molecule has 0 atom stereocenters. The number of benzene rings is 2. The van der Waals surface area contributed by atoms with Gasteiger partial charge < -0.3 is 15.0 Å². The lowest BCUT2D eigenvalue weighted by Gasteiger charge is -2.23. The predicted molar refractivity (Wildman–Crippen MR) is 98.6 cm³/mol. The number of hydrogen-bond donors (Lipinski definition) is 1. The third-order valence-corrected chi connectivity index (χ3v) is 3.94. The number of ether oxygens (including phenoxy) is 1. The molecule has 0 aliphatic carbocycles. The number of carbonyl (C=O) groups is 1. The van der Waals surface area contributed by atoms with Gasteiger partial charge in [-0.15, -0.1) is 0 Å². The molecule has 4 nitrogen and oxygen atoms in total. The van der Waals surface area contributed by atoms with E-state index in [4.69, 9.17) is 4.74 Å². The quantitative estimate of drug-likeness (QED) is 0.847. The highest BCUT2D eigenvalue weighted by molar-refractivity contribution is 5.81. The van der Waals surface area contributed by atoms with Gasteiger partial charge in [-0.3, -0.25) is 4.79 Å². The highest BCUT2D eigenvalue weighted by Crippen LogP contribution is 2.18. The van der Waals surface area contributed by atoms with Crippen molar-refractivity contribution in [3.63, 3.8) is 0 Å². The fourth-order valence-electron chi connectivity index (χ4n) is 2.69. The van der Waals surface area contributed by atoms with Gasteiger partial charge in [-0.25, -0.2) is 0 Å². The average molecular weight is 326 g/mol. The van der Waals surface area contributed by atoms with Crippen molar-refractivity contribution < 1.29 is 9.53 Å². The van der Waals surface area contributed by atoms with Crippen LogP contribution >= 0.6 is 0 Å². The van der Waals surface area contributed by atoms with Gasteiger partial charge in [0.05, 0.1) is 13.7 Å². The molecule has 0 aliphatic heterocycles. The molecule has 2 aromatic carbocycles. The number of anilines is 1. The molecule has 4 heteroatoms. The van der Waals surface area contributed by atoms with E-state index < -0.39 is 0 Å². The lowest BCUT2D eigenvalue weighted by Crippen LogP contribution is -2.37. The average Bonchev–Trinajstić information content (AvgIpc) is 2.57. The molecule has 0 heterocycles. The minimum Gasteiger partial charge on any atom is -0.497 e. The number of nitrogens with zero attached hydrogens (tertiary/aromatic N) is 1. The third kappa shape index (κ3) is 5.01. The molecule has 0 radical (unpaired) electrons. The first-order chi connectivity index (χ1) is 11.5. The van der Waals surface area contributed by atoms with Crippen LogP contribution < -0.4 is 15.0 Å². The van der Waals surface area contributed by atoms with E-state index in [0.29, 0.717) is 13.1 Å². The predicted octanol–water partition coefficient (Wildman–Crippen LogP) is 3.45. The van der Waals surface area contributed by atoms with Crippen LogP contribution in [0.1, 0.15) is 23.6 Å². The normalized spacial score (nSPS) is 10.3. The Morgan fingerprint density at radius 1 is 1.08 bits per heavy atom. The number of carbonyl (C=O) groups excluding carboxylic acids is 1. The summed E-state index contributed by atoms with van der Waals surface area (Å²) in [5.74, 6) is 0.837. The van der Waals surface area contributed by atoms with Crippen LogP contribution in [-0.2, 0) is 11.3 Å². The van der Waals surface area contributed by atoms with E-state index >= 15 is 0 Å². The summed E-state index contributed by atoms with van der Waals surface area (Å²) >= 11 is 0. The molecule has 0 spiro atoms. The minimum atomic E-state index is 0.0202.